The summed E-state index contributed by atoms with van der Waals surface area (Å²) >= 11 is 0. The number of carbonyl (C=O) groups is 1. The van der Waals surface area contributed by atoms with Crippen LogP contribution < -0.4 is 10.6 Å². The lowest BCUT2D eigenvalue weighted by molar-refractivity contribution is -0.109. The first-order valence-corrected chi connectivity index (χ1v) is 3.62. The summed E-state index contributed by atoms with van der Waals surface area (Å²) in [5, 5.41) is 5.94. The summed E-state index contributed by atoms with van der Waals surface area (Å²) in [5.74, 6) is 0. The zero-order valence-electron chi connectivity index (χ0n) is 6.68. The summed E-state index contributed by atoms with van der Waals surface area (Å²) in [6, 6.07) is 0.0355. The van der Waals surface area contributed by atoms with Crippen molar-refractivity contribution in [2.75, 3.05) is 20.6 Å². The van der Waals surface area contributed by atoms with E-state index in [0.717, 1.165) is 25.7 Å². The van der Waals surface area contributed by atoms with Crippen molar-refractivity contribution in [3.05, 3.63) is 0 Å². The highest BCUT2D eigenvalue weighted by atomic mass is 16.1. The second-order valence-electron chi connectivity index (χ2n) is 2.28. The van der Waals surface area contributed by atoms with E-state index < -0.39 is 0 Å². The Hall–Kier alpha value is -0.410. The summed E-state index contributed by atoms with van der Waals surface area (Å²) in [5.41, 5.74) is 0. The molecule has 0 saturated carbocycles. The number of hydrogen-bond donors (Lipinski definition) is 2. The van der Waals surface area contributed by atoms with Gasteiger partial charge in [0.25, 0.3) is 0 Å². The van der Waals surface area contributed by atoms with Crippen molar-refractivity contribution >= 4 is 6.29 Å². The normalized spacial score (nSPS) is 13.0. The van der Waals surface area contributed by atoms with Gasteiger partial charge in [-0.05, 0) is 33.5 Å². The number of aldehydes is 1. The lowest BCUT2D eigenvalue weighted by Gasteiger charge is -2.06. The third kappa shape index (κ3) is 4.47. The van der Waals surface area contributed by atoms with Gasteiger partial charge in [-0.15, -0.1) is 0 Å². The molecule has 0 aliphatic carbocycles. The first-order valence-electron chi connectivity index (χ1n) is 3.62. The fourth-order valence-corrected chi connectivity index (χ4v) is 0.779. The van der Waals surface area contributed by atoms with Crippen molar-refractivity contribution in [1.29, 1.82) is 0 Å². The summed E-state index contributed by atoms with van der Waals surface area (Å²) in [7, 11) is 3.72. The average Bonchev–Trinajstić information content (AvgIpc) is 1.99. The number of rotatable bonds is 6. The van der Waals surface area contributed by atoms with Gasteiger partial charge in [0, 0.05) is 0 Å². The number of carbonyl (C=O) groups excluding carboxylic acids is 1. The molecule has 3 heteroatoms. The van der Waals surface area contributed by atoms with Crippen LogP contribution in [-0.4, -0.2) is 33.0 Å². The van der Waals surface area contributed by atoms with Crippen LogP contribution in [0.2, 0.25) is 0 Å². The van der Waals surface area contributed by atoms with Gasteiger partial charge in [0.2, 0.25) is 0 Å². The van der Waals surface area contributed by atoms with Crippen molar-refractivity contribution in [1.82, 2.24) is 10.6 Å². The molecule has 0 amide bonds. The highest BCUT2D eigenvalue weighted by molar-refractivity contribution is 5.57. The molecule has 60 valence electrons. The molecule has 0 radical (unpaired) electrons. The molecule has 0 heterocycles. The molecule has 0 aromatic heterocycles. The summed E-state index contributed by atoms with van der Waals surface area (Å²) < 4.78 is 0. The van der Waals surface area contributed by atoms with Crippen LogP contribution >= 0.6 is 0 Å². The largest absolute Gasteiger partial charge is 0.320 e. The summed E-state index contributed by atoms with van der Waals surface area (Å²) in [4.78, 5) is 10.2. The minimum Gasteiger partial charge on any atom is -0.320 e. The lowest BCUT2D eigenvalue weighted by Crippen LogP contribution is -2.27. The maximum absolute atomic E-state index is 10.2. The van der Waals surface area contributed by atoms with E-state index in [-0.39, 0.29) is 6.04 Å². The molecule has 0 saturated heterocycles. The van der Waals surface area contributed by atoms with E-state index in [4.69, 9.17) is 0 Å². The Morgan fingerprint density at radius 2 is 2.20 bits per heavy atom. The average molecular weight is 144 g/mol. The van der Waals surface area contributed by atoms with Crippen molar-refractivity contribution < 1.29 is 4.79 Å². The lowest BCUT2D eigenvalue weighted by atomic mass is 10.2. The van der Waals surface area contributed by atoms with Gasteiger partial charge in [0.05, 0.1) is 6.04 Å². The molecule has 3 nitrogen and oxygen atoms in total. The van der Waals surface area contributed by atoms with Crippen LogP contribution in [0, 0.1) is 0 Å². The van der Waals surface area contributed by atoms with E-state index >= 15 is 0 Å². The van der Waals surface area contributed by atoms with Crippen LogP contribution in [0.5, 0.6) is 0 Å². The Morgan fingerprint density at radius 1 is 1.50 bits per heavy atom. The molecule has 0 unspecified atom stereocenters. The van der Waals surface area contributed by atoms with Crippen LogP contribution in [0.15, 0.2) is 0 Å². The van der Waals surface area contributed by atoms with Gasteiger partial charge in [-0.2, -0.15) is 0 Å². The van der Waals surface area contributed by atoms with Gasteiger partial charge < -0.3 is 15.4 Å². The van der Waals surface area contributed by atoms with Crippen LogP contribution in [0.1, 0.15) is 12.8 Å². The molecule has 0 fully saturated rings. The van der Waals surface area contributed by atoms with E-state index in [9.17, 15) is 4.79 Å². The van der Waals surface area contributed by atoms with Crippen LogP contribution in [-0.2, 0) is 4.79 Å². The quantitative estimate of drug-likeness (QED) is 0.400. The fourth-order valence-electron chi connectivity index (χ4n) is 0.779. The van der Waals surface area contributed by atoms with E-state index in [1.165, 1.54) is 0 Å². The molecule has 0 aromatic carbocycles. The van der Waals surface area contributed by atoms with Crippen LogP contribution in [0.25, 0.3) is 0 Å². The number of nitrogens with one attached hydrogen (secondary N) is 2. The van der Waals surface area contributed by atoms with Crippen LogP contribution in [0.4, 0.5) is 0 Å². The maximum atomic E-state index is 10.2. The smallest absolute Gasteiger partial charge is 0.136 e. The molecular weight excluding hydrogens is 128 g/mol. The molecule has 0 aliphatic heterocycles. The van der Waals surface area contributed by atoms with E-state index in [0.29, 0.717) is 0 Å². The van der Waals surface area contributed by atoms with Gasteiger partial charge in [-0.1, -0.05) is 0 Å². The van der Waals surface area contributed by atoms with E-state index in [1.807, 2.05) is 7.05 Å². The Morgan fingerprint density at radius 3 is 2.60 bits per heavy atom. The van der Waals surface area contributed by atoms with Crippen molar-refractivity contribution in [2.24, 2.45) is 0 Å². The molecule has 1 atom stereocenters. The molecular formula is C7H16N2O. The zero-order valence-corrected chi connectivity index (χ0v) is 6.68. The SMILES string of the molecule is CNCCC[C@@H](C=O)NC. The van der Waals surface area contributed by atoms with E-state index in [1.54, 1.807) is 7.05 Å². The van der Waals surface area contributed by atoms with Gasteiger partial charge in [0.15, 0.2) is 0 Å². The standard InChI is InChI=1S/C7H16N2O/c1-8-5-3-4-7(6-10)9-2/h6-9H,3-5H2,1-2H3/t7-/m0/s1. The number of hydrogen-bond acceptors (Lipinski definition) is 3. The maximum Gasteiger partial charge on any atom is 0.136 e. The topological polar surface area (TPSA) is 41.1 Å². The second-order valence-corrected chi connectivity index (χ2v) is 2.28. The fraction of sp³-hybridized carbons (Fsp3) is 0.857. The molecule has 0 rings (SSSR count). The highest BCUT2D eigenvalue weighted by Gasteiger charge is 2.00. The Bertz CT molecular complexity index is 85.7. The van der Waals surface area contributed by atoms with Crippen molar-refractivity contribution in [3.8, 4) is 0 Å². The number of likely N-dealkylation sites (N-methyl/N-ethyl adjacent to an activating group) is 1. The molecule has 10 heavy (non-hydrogen) atoms. The Labute approximate surface area is 62.2 Å². The molecule has 0 spiro atoms. The molecule has 0 aliphatic rings. The predicted molar refractivity (Wildman–Crippen MR) is 42.1 cm³/mol. The molecule has 0 bridgehead atoms. The Balaban J connectivity index is 3.17. The molecule has 0 aromatic rings. The van der Waals surface area contributed by atoms with E-state index in [2.05, 4.69) is 10.6 Å². The van der Waals surface area contributed by atoms with Gasteiger partial charge in [0.1, 0.15) is 6.29 Å². The first-order chi connectivity index (χ1) is 4.85. The predicted octanol–water partition coefficient (Wildman–Crippen LogP) is -0.227. The van der Waals surface area contributed by atoms with Crippen molar-refractivity contribution in [2.45, 2.75) is 18.9 Å². The van der Waals surface area contributed by atoms with Crippen LogP contribution in [0.3, 0.4) is 0 Å². The molecule has 2 N–H and O–H groups in total. The third-order valence-electron chi connectivity index (χ3n) is 1.48. The highest BCUT2D eigenvalue weighted by Crippen LogP contribution is 1.91. The van der Waals surface area contributed by atoms with Gasteiger partial charge >= 0.3 is 0 Å². The van der Waals surface area contributed by atoms with Gasteiger partial charge in [-0.25, -0.2) is 0 Å². The minimum atomic E-state index is 0.0355. The Kier molecular flexibility index (Phi) is 6.43. The van der Waals surface area contributed by atoms with Crippen molar-refractivity contribution in [3.63, 3.8) is 0 Å². The summed E-state index contributed by atoms with van der Waals surface area (Å²) in [6.07, 6.45) is 2.91. The monoisotopic (exact) mass is 144 g/mol. The third-order valence-corrected chi connectivity index (χ3v) is 1.48. The van der Waals surface area contributed by atoms with Gasteiger partial charge in [-0.3, -0.25) is 0 Å². The minimum absolute atomic E-state index is 0.0355. The zero-order chi connectivity index (χ0) is 7.82. The summed E-state index contributed by atoms with van der Waals surface area (Å²) in [6.45, 7) is 0.978. The second kappa shape index (κ2) is 6.71. The first kappa shape index (κ1) is 9.59.